The summed E-state index contributed by atoms with van der Waals surface area (Å²) in [6.45, 7) is 7.81. The molecule has 0 radical (unpaired) electrons. The van der Waals surface area contributed by atoms with Gasteiger partial charge in [0.2, 0.25) is 12.2 Å². The molecule has 7 nitrogen and oxygen atoms in total. The van der Waals surface area contributed by atoms with Crippen LogP contribution in [0.15, 0.2) is 46.5 Å². The lowest BCUT2D eigenvalue weighted by molar-refractivity contribution is 0.0767. The number of aliphatic imine (C=N–C) groups is 2. The summed E-state index contributed by atoms with van der Waals surface area (Å²) in [7, 11) is 1.74. The summed E-state index contributed by atoms with van der Waals surface area (Å²) in [6.07, 6.45) is 2.71. The van der Waals surface area contributed by atoms with Gasteiger partial charge in [-0.05, 0) is 43.7 Å². The smallest absolute Gasteiger partial charge is 0.228 e. The van der Waals surface area contributed by atoms with E-state index in [4.69, 9.17) is 21.3 Å². The van der Waals surface area contributed by atoms with Gasteiger partial charge in [-0.1, -0.05) is 37.9 Å². The monoisotopic (exact) mass is 443 g/mol. The molecule has 31 heavy (non-hydrogen) atoms. The van der Waals surface area contributed by atoms with Crippen LogP contribution in [0.5, 0.6) is 5.88 Å². The number of aromatic nitrogens is 1. The molecule has 0 aliphatic carbocycles. The first-order valence-corrected chi connectivity index (χ1v) is 11.0. The van der Waals surface area contributed by atoms with E-state index in [9.17, 15) is 5.11 Å². The number of nitrogens with one attached hydrogen (secondary N) is 1. The third-order valence-corrected chi connectivity index (χ3v) is 5.32. The fourth-order valence-electron chi connectivity index (χ4n) is 3.28. The van der Waals surface area contributed by atoms with Crippen molar-refractivity contribution < 1.29 is 9.84 Å². The third kappa shape index (κ3) is 5.81. The van der Waals surface area contributed by atoms with Crippen LogP contribution < -0.4 is 10.1 Å². The molecule has 0 saturated carbocycles. The predicted octanol–water partition coefficient (Wildman–Crippen LogP) is 3.83. The Morgan fingerprint density at radius 3 is 2.74 bits per heavy atom. The van der Waals surface area contributed by atoms with E-state index in [-0.39, 0.29) is 6.10 Å². The van der Waals surface area contributed by atoms with Crippen molar-refractivity contribution in [3.8, 4) is 5.88 Å². The highest BCUT2D eigenvalue weighted by Crippen LogP contribution is 2.24. The number of halogens is 1. The highest BCUT2D eigenvalue weighted by molar-refractivity contribution is 6.34. The largest absolute Gasteiger partial charge is 0.475 e. The second kappa shape index (κ2) is 10.7. The second-order valence-corrected chi connectivity index (χ2v) is 7.95. The van der Waals surface area contributed by atoms with E-state index in [1.807, 2.05) is 31.2 Å². The quantitative estimate of drug-likeness (QED) is 0.615. The van der Waals surface area contributed by atoms with Gasteiger partial charge in [0.25, 0.3) is 0 Å². The average molecular weight is 444 g/mol. The van der Waals surface area contributed by atoms with Gasteiger partial charge >= 0.3 is 0 Å². The molecule has 1 aliphatic heterocycles. The molecule has 2 atom stereocenters. The highest BCUT2D eigenvalue weighted by atomic mass is 35.5. The van der Waals surface area contributed by atoms with Crippen LogP contribution in [-0.2, 0) is 6.54 Å². The third-order valence-electron chi connectivity index (χ3n) is 4.99. The van der Waals surface area contributed by atoms with Crippen LogP contribution in [0.25, 0.3) is 0 Å². The van der Waals surface area contributed by atoms with Gasteiger partial charge in [-0.15, -0.1) is 0 Å². The van der Waals surface area contributed by atoms with Crippen molar-refractivity contribution in [1.82, 2.24) is 15.2 Å². The van der Waals surface area contributed by atoms with Crippen LogP contribution >= 0.6 is 11.6 Å². The lowest BCUT2D eigenvalue weighted by atomic mass is 10.1. The molecule has 1 aromatic heterocycles. The molecule has 3 rings (SSSR count). The zero-order valence-corrected chi connectivity index (χ0v) is 19.2. The van der Waals surface area contributed by atoms with Gasteiger partial charge in [0.1, 0.15) is 5.84 Å². The zero-order valence-electron chi connectivity index (χ0n) is 18.5. The Kier molecular flexibility index (Phi) is 8.01. The van der Waals surface area contributed by atoms with Crippen molar-refractivity contribution in [3.05, 3.63) is 58.2 Å². The molecule has 0 bridgehead atoms. The van der Waals surface area contributed by atoms with Crippen LogP contribution in [0.2, 0.25) is 5.02 Å². The summed E-state index contributed by atoms with van der Waals surface area (Å²) in [5.41, 5.74) is 2.52. The molecule has 0 fully saturated rings. The average Bonchev–Trinajstić information content (AvgIpc) is 2.76. The summed E-state index contributed by atoms with van der Waals surface area (Å²) < 4.78 is 5.82. The van der Waals surface area contributed by atoms with E-state index in [1.165, 1.54) is 0 Å². The van der Waals surface area contributed by atoms with E-state index in [1.54, 1.807) is 24.2 Å². The molecule has 2 heterocycles. The maximum absolute atomic E-state index is 10.5. The molecule has 2 aromatic rings. The van der Waals surface area contributed by atoms with Crippen LogP contribution in [-0.4, -0.2) is 52.7 Å². The number of aliphatic hydroxyl groups excluding tert-OH is 1. The van der Waals surface area contributed by atoms with Gasteiger partial charge in [0.05, 0.1) is 11.1 Å². The number of hydrogen-bond acceptors (Lipinski definition) is 7. The minimum Gasteiger partial charge on any atom is -0.475 e. The number of ether oxygens (including phenoxy) is 1. The van der Waals surface area contributed by atoms with E-state index in [0.29, 0.717) is 28.1 Å². The van der Waals surface area contributed by atoms with Crippen molar-refractivity contribution >= 4 is 23.3 Å². The Labute approximate surface area is 188 Å². The fraction of sp³-hybridized carbons (Fsp3) is 0.435. The summed E-state index contributed by atoms with van der Waals surface area (Å²) in [5, 5.41) is 14.4. The Morgan fingerprint density at radius 2 is 2.06 bits per heavy atom. The zero-order chi connectivity index (χ0) is 22.4. The maximum atomic E-state index is 10.5. The summed E-state index contributed by atoms with van der Waals surface area (Å²) in [4.78, 5) is 15.0. The van der Waals surface area contributed by atoms with Gasteiger partial charge in [-0.2, -0.15) is 0 Å². The van der Waals surface area contributed by atoms with Crippen molar-refractivity contribution in [2.75, 3.05) is 13.6 Å². The first-order valence-electron chi connectivity index (χ1n) is 10.6. The van der Waals surface area contributed by atoms with E-state index < -0.39 is 6.35 Å². The normalized spacial score (nSPS) is 17.2. The van der Waals surface area contributed by atoms with Crippen molar-refractivity contribution in [3.63, 3.8) is 0 Å². The van der Waals surface area contributed by atoms with Gasteiger partial charge in [-0.3, -0.25) is 0 Å². The molecule has 0 saturated heterocycles. The number of rotatable bonds is 9. The molecule has 2 N–H and O–H groups in total. The molecule has 1 aliphatic rings. The second-order valence-electron chi connectivity index (χ2n) is 7.54. The minimum atomic E-state index is -1.07. The van der Waals surface area contributed by atoms with Gasteiger partial charge in [0, 0.05) is 37.0 Å². The van der Waals surface area contributed by atoms with Crippen molar-refractivity contribution in [2.24, 2.45) is 9.98 Å². The fourth-order valence-corrected chi connectivity index (χ4v) is 3.48. The maximum Gasteiger partial charge on any atom is 0.228 e. The van der Waals surface area contributed by atoms with Crippen LogP contribution in [0.3, 0.4) is 0 Å². The van der Waals surface area contributed by atoms with E-state index in [2.05, 4.69) is 29.1 Å². The number of pyridine rings is 1. The first kappa shape index (κ1) is 23.2. The van der Waals surface area contributed by atoms with Crippen molar-refractivity contribution in [1.29, 1.82) is 0 Å². The standard InChI is InChI=1S/C23H30ClN5O2/c1-5-7-15(3)31-20-11-9-17(14-26-20)21-27-22(29(4)23(30)28-21)18-12-16(13-25-6-2)8-10-19(18)24/h8-12,14-15,23,25,30H,5-7,13H2,1-4H3/t15-,23?/m1/s1. The Balaban J connectivity index is 1.88. The summed E-state index contributed by atoms with van der Waals surface area (Å²) >= 11 is 6.49. The first-order chi connectivity index (χ1) is 14.9. The van der Waals surface area contributed by atoms with Gasteiger partial charge in [0.15, 0.2) is 5.84 Å². The molecule has 1 aromatic carbocycles. The lowest BCUT2D eigenvalue weighted by Gasteiger charge is -2.29. The molecule has 1 unspecified atom stereocenters. The van der Waals surface area contributed by atoms with Crippen LogP contribution in [0.1, 0.15) is 50.3 Å². The number of aliphatic hydroxyl groups is 1. The highest BCUT2D eigenvalue weighted by Gasteiger charge is 2.25. The molecule has 0 spiro atoms. The van der Waals surface area contributed by atoms with Crippen molar-refractivity contribution in [2.45, 2.75) is 52.6 Å². The van der Waals surface area contributed by atoms with Gasteiger partial charge < -0.3 is 20.1 Å². The topological polar surface area (TPSA) is 82.3 Å². The summed E-state index contributed by atoms with van der Waals surface area (Å²) in [6, 6.07) is 9.46. The van der Waals surface area contributed by atoms with E-state index >= 15 is 0 Å². The lowest BCUT2D eigenvalue weighted by Crippen LogP contribution is -2.40. The number of amidine groups is 2. The predicted molar refractivity (Wildman–Crippen MR) is 125 cm³/mol. The Bertz CT molecular complexity index is 945. The number of benzene rings is 1. The molecule has 166 valence electrons. The molecular weight excluding hydrogens is 414 g/mol. The van der Waals surface area contributed by atoms with Crippen LogP contribution in [0.4, 0.5) is 0 Å². The van der Waals surface area contributed by atoms with Crippen LogP contribution in [0, 0.1) is 0 Å². The minimum absolute atomic E-state index is 0.104. The molecular formula is C23H30ClN5O2. The Hall–Kier alpha value is -2.48. The number of hydrogen-bond donors (Lipinski definition) is 2. The molecule has 0 amide bonds. The van der Waals surface area contributed by atoms with E-state index in [0.717, 1.165) is 37.1 Å². The Morgan fingerprint density at radius 1 is 1.26 bits per heavy atom. The van der Waals surface area contributed by atoms with Gasteiger partial charge in [-0.25, -0.2) is 15.0 Å². The number of nitrogens with zero attached hydrogens (tertiary/aromatic N) is 4. The molecule has 8 heteroatoms. The summed E-state index contributed by atoms with van der Waals surface area (Å²) in [5.74, 6) is 1.51. The SMILES string of the molecule is CCC[C@@H](C)Oc1ccc(C2=NC(O)N(C)C(c3cc(CNCC)ccc3Cl)=N2)cn1.